The fourth-order valence-electron chi connectivity index (χ4n) is 6.40. The van der Waals surface area contributed by atoms with Gasteiger partial charge in [-0.05, 0) is 53.3 Å². The number of fused-ring (bicyclic) bond motifs is 3. The van der Waals surface area contributed by atoms with Crippen LogP contribution < -0.4 is 0 Å². The summed E-state index contributed by atoms with van der Waals surface area (Å²) in [7, 11) is 0. The molecule has 0 N–H and O–H groups in total. The largest absolute Gasteiger partial charge is 0.501 e. The third-order valence-corrected chi connectivity index (χ3v) is 8.81. The van der Waals surface area contributed by atoms with E-state index in [9.17, 15) is 0 Å². The van der Waals surface area contributed by atoms with Gasteiger partial charge in [-0.3, -0.25) is 0 Å². The molecule has 48 heavy (non-hydrogen) atoms. The van der Waals surface area contributed by atoms with Crippen molar-refractivity contribution in [1.82, 2.24) is 15.2 Å². The van der Waals surface area contributed by atoms with Gasteiger partial charge in [0.15, 0.2) is 0 Å². The molecule has 0 bridgehead atoms. The predicted octanol–water partition coefficient (Wildman–Crippen LogP) is 11.4. The van der Waals surface area contributed by atoms with Crippen LogP contribution in [-0.2, 0) is 25.5 Å². The SMILES string of the molecule is [2H]C1(c2ccc(-c3cc(-c4[c-]ccc5c4oc4ccccc45)nnc3C(C)(C)C)cc2)CCCCC1.[Ir].[c-]1ccccc1-c1ccccn1. The third kappa shape index (κ3) is 7.18. The summed E-state index contributed by atoms with van der Waals surface area (Å²) in [6.07, 6.45) is 7.20. The first-order chi connectivity index (χ1) is 23.3. The molecule has 5 heteroatoms. The molecule has 3 heterocycles. The van der Waals surface area contributed by atoms with E-state index in [0.29, 0.717) is 0 Å². The average molecular weight is 807 g/mol. The molecule has 0 spiro atoms. The summed E-state index contributed by atoms with van der Waals surface area (Å²) in [5.41, 5.74) is 9.27. The Labute approximate surface area is 298 Å². The summed E-state index contributed by atoms with van der Waals surface area (Å²) in [4.78, 5) is 4.22. The van der Waals surface area contributed by atoms with Gasteiger partial charge < -0.3 is 9.40 Å². The second-order valence-electron chi connectivity index (χ2n) is 13.2. The van der Waals surface area contributed by atoms with E-state index in [1.807, 2.05) is 72.8 Å². The Kier molecular flexibility index (Phi) is 9.88. The molecule has 0 atom stereocenters. The second kappa shape index (κ2) is 14.8. The zero-order valence-electron chi connectivity index (χ0n) is 28.6. The first-order valence-corrected chi connectivity index (χ1v) is 16.5. The zero-order valence-corrected chi connectivity index (χ0v) is 30.0. The molecule has 0 aliphatic heterocycles. The number of aromatic nitrogens is 3. The number of hydrogen-bond donors (Lipinski definition) is 0. The van der Waals surface area contributed by atoms with Crippen LogP contribution in [0.1, 0.15) is 71.4 Å². The molecule has 1 radical (unpaired) electrons. The minimum Gasteiger partial charge on any atom is -0.501 e. The number of benzene rings is 4. The van der Waals surface area contributed by atoms with Crippen LogP contribution in [0.3, 0.4) is 0 Å². The van der Waals surface area contributed by atoms with Crippen LogP contribution in [0.15, 0.2) is 120 Å². The Balaban J connectivity index is 0.000000270. The number of para-hydroxylation sites is 1. The molecule has 3 aromatic heterocycles. The van der Waals surface area contributed by atoms with Crippen molar-refractivity contribution in [3.63, 3.8) is 0 Å². The van der Waals surface area contributed by atoms with E-state index in [-0.39, 0.29) is 25.5 Å². The maximum absolute atomic E-state index is 9.01. The van der Waals surface area contributed by atoms with E-state index in [1.165, 1.54) is 6.42 Å². The number of nitrogens with zero attached hydrogens (tertiary/aromatic N) is 3. The number of pyridine rings is 1. The van der Waals surface area contributed by atoms with Crippen LogP contribution in [0.5, 0.6) is 0 Å². The van der Waals surface area contributed by atoms with Gasteiger partial charge in [0, 0.05) is 44.2 Å². The summed E-state index contributed by atoms with van der Waals surface area (Å²) >= 11 is 0. The van der Waals surface area contributed by atoms with Crippen LogP contribution in [0, 0.1) is 12.1 Å². The summed E-state index contributed by atoms with van der Waals surface area (Å²) in [5, 5.41) is 11.5. The minimum atomic E-state index is -0.461. The van der Waals surface area contributed by atoms with E-state index in [2.05, 4.69) is 79.4 Å². The molecule has 7 aromatic rings. The fraction of sp³-hybridized carbons (Fsp3) is 0.233. The molecule has 4 nitrogen and oxygen atoms in total. The quantitative estimate of drug-likeness (QED) is 0.166. The van der Waals surface area contributed by atoms with Crippen molar-refractivity contribution in [3.05, 3.63) is 139 Å². The number of hydrogen-bond acceptors (Lipinski definition) is 4. The van der Waals surface area contributed by atoms with Gasteiger partial charge in [0.1, 0.15) is 5.58 Å². The molecule has 0 unspecified atom stereocenters. The van der Waals surface area contributed by atoms with Crippen LogP contribution in [0.2, 0.25) is 0 Å². The van der Waals surface area contributed by atoms with E-state index in [4.69, 9.17) is 10.9 Å². The van der Waals surface area contributed by atoms with Crippen LogP contribution >= 0.6 is 0 Å². The third-order valence-electron chi connectivity index (χ3n) is 8.81. The molecule has 1 aliphatic rings. The monoisotopic (exact) mass is 807 g/mol. The zero-order chi connectivity index (χ0) is 33.1. The standard InChI is InChI=1S/C32H31N2O.C11H8N.Ir/c1-32(2,3)31-27(23-18-16-22(17-19-23)21-10-5-4-6-11-21)20-28(33-34-31)26-14-9-13-25-24-12-7-8-15-29(24)35-30(25)26;1-2-6-10(7-3-1)11-8-4-5-9-12-11;/h7-9,12-13,15-21H,4-6,10-11H2,1-3H3;1-6,8-9H;/q2*-1;/i21D;;. The topological polar surface area (TPSA) is 51.8 Å². The molecular weight excluding hydrogens is 767 g/mol. The number of rotatable bonds is 4. The average Bonchev–Trinajstić information content (AvgIpc) is 3.51. The van der Waals surface area contributed by atoms with Gasteiger partial charge in [-0.2, -0.15) is 5.10 Å². The van der Waals surface area contributed by atoms with Crippen molar-refractivity contribution in [3.8, 4) is 33.6 Å². The maximum Gasteiger partial charge on any atom is 0.120 e. The first-order valence-electron chi connectivity index (χ1n) is 17.0. The molecule has 1 fully saturated rings. The smallest absolute Gasteiger partial charge is 0.120 e. The Hall–Kier alpha value is -4.44. The van der Waals surface area contributed by atoms with Gasteiger partial charge >= 0.3 is 0 Å². The summed E-state index contributed by atoms with van der Waals surface area (Å²) in [5.74, 6) is -0.461. The van der Waals surface area contributed by atoms with Crippen molar-refractivity contribution < 1.29 is 25.9 Å². The molecule has 0 amide bonds. The molecule has 1 aliphatic carbocycles. The van der Waals surface area contributed by atoms with E-state index >= 15 is 0 Å². The summed E-state index contributed by atoms with van der Waals surface area (Å²) in [6.45, 7) is 6.50. The van der Waals surface area contributed by atoms with E-state index < -0.39 is 5.89 Å². The molecule has 243 valence electrons. The normalized spacial score (nSPS) is 14.4. The minimum absolute atomic E-state index is 0. The van der Waals surface area contributed by atoms with Gasteiger partial charge in [-0.15, -0.1) is 54.1 Å². The Morgan fingerprint density at radius 2 is 1.52 bits per heavy atom. The first kappa shape index (κ1) is 32.1. The Bertz CT molecular complexity index is 2110. The maximum atomic E-state index is 9.01. The van der Waals surface area contributed by atoms with Gasteiger partial charge in [-0.25, -0.2) is 5.10 Å². The molecule has 4 aromatic carbocycles. The van der Waals surface area contributed by atoms with Gasteiger partial charge in [0.05, 0.1) is 11.3 Å². The van der Waals surface area contributed by atoms with E-state index in [0.717, 1.165) is 92.5 Å². The Morgan fingerprint density at radius 3 is 2.25 bits per heavy atom. The summed E-state index contributed by atoms with van der Waals surface area (Å²) in [6, 6.07) is 43.0. The van der Waals surface area contributed by atoms with Crippen molar-refractivity contribution in [2.45, 2.75) is 64.2 Å². The van der Waals surface area contributed by atoms with Crippen molar-refractivity contribution in [2.75, 3.05) is 0 Å². The predicted molar refractivity (Wildman–Crippen MR) is 192 cm³/mol. The van der Waals surface area contributed by atoms with Crippen LogP contribution in [-0.4, -0.2) is 15.2 Å². The fourth-order valence-corrected chi connectivity index (χ4v) is 6.40. The molecular formula is C43H39IrN3O-2. The van der Waals surface area contributed by atoms with Crippen molar-refractivity contribution in [2.24, 2.45) is 0 Å². The van der Waals surface area contributed by atoms with Crippen LogP contribution in [0.25, 0.3) is 55.6 Å². The van der Waals surface area contributed by atoms with Gasteiger partial charge in [0.25, 0.3) is 0 Å². The Morgan fingerprint density at radius 1 is 0.750 bits per heavy atom. The number of furan rings is 1. The van der Waals surface area contributed by atoms with Crippen LogP contribution in [0.4, 0.5) is 0 Å². The molecule has 0 saturated heterocycles. The van der Waals surface area contributed by atoms with Crippen molar-refractivity contribution >= 4 is 21.9 Å². The van der Waals surface area contributed by atoms with Crippen molar-refractivity contribution in [1.29, 1.82) is 0 Å². The van der Waals surface area contributed by atoms with E-state index in [1.54, 1.807) is 6.20 Å². The summed E-state index contributed by atoms with van der Waals surface area (Å²) < 4.78 is 15.3. The van der Waals surface area contributed by atoms with Gasteiger partial charge in [-0.1, -0.05) is 112 Å². The molecule has 8 rings (SSSR count). The molecule has 1 saturated carbocycles. The van der Waals surface area contributed by atoms with Gasteiger partial charge in [0.2, 0.25) is 0 Å². The second-order valence-corrected chi connectivity index (χ2v) is 13.2.